The van der Waals surface area contributed by atoms with Gasteiger partial charge in [-0.2, -0.15) is 0 Å². The van der Waals surface area contributed by atoms with E-state index in [-0.39, 0.29) is 0 Å². The lowest BCUT2D eigenvalue weighted by molar-refractivity contribution is 1.19. The van der Waals surface area contributed by atoms with E-state index in [9.17, 15) is 0 Å². The maximum absolute atomic E-state index is 5.11. The SMILES string of the molecule is c1ccc(-c2c(-c3cccc(-c4cc(-c5cccnc5)cc(-c5cccc6ccccc56)c4)c3)nc3ccccn23)cc1. The van der Waals surface area contributed by atoms with Crippen molar-refractivity contribution in [1.29, 1.82) is 0 Å². The lowest BCUT2D eigenvalue weighted by Gasteiger charge is -2.14. The highest BCUT2D eigenvalue weighted by atomic mass is 15.0. The quantitative estimate of drug-likeness (QED) is 0.214. The normalized spacial score (nSPS) is 11.3. The van der Waals surface area contributed by atoms with Crippen molar-refractivity contribution in [3.8, 4) is 55.9 Å². The third-order valence-electron chi connectivity index (χ3n) is 8.08. The zero-order valence-electron chi connectivity index (χ0n) is 23.4. The van der Waals surface area contributed by atoms with E-state index in [1.165, 1.54) is 21.9 Å². The number of rotatable bonds is 5. The Morgan fingerprint density at radius 2 is 1.14 bits per heavy atom. The molecule has 0 unspecified atom stereocenters. The predicted molar refractivity (Wildman–Crippen MR) is 178 cm³/mol. The summed E-state index contributed by atoms with van der Waals surface area (Å²) in [6.45, 7) is 0. The molecule has 0 N–H and O–H groups in total. The molecule has 5 aromatic carbocycles. The van der Waals surface area contributed by atoms with Crippen LogP contribution in [-0.2, 0) is 0 Å². The molecule has 0 radical (unpaired) electrons. The number of pyridine rings is 2. The van der Waals surface area contributed by atoms with Crippen molar-refractivity contribution in [2.45, 2.75) is 0 Å². The lowest BCUT2D eigenvalue weighted by atomic mass is 9.91. The molecule has 0 spiro atoms. The second-order valence-electron chi connectivity index (χ2n) is 10.8. The molecule has 202 valence electrons. The van der Waals surface area contributed by atoms with Crippen LogP contribution < -0.4 is 0 Å². The first-order valence-corrected chi connectivity index (χ1v) is 14.5. The predicted octanol–water partition coefficient (Wildman–Crippen LogP) is 10.2. The zero-order valence-corrected chi connectivity index (χ0v) is 23.4. The van der Waals surface area contributed by atoms with Gasteiger partial charge < -0.3 is 0 Å². The summed E-state index contributed by atoms with van der Waals surface area (Å²) in [7, 11) is 0. The van der Waals surface area contributed by atoms with Crippen molar-refractivity contribution < 1.29 is 0 Å². The summed E-state index contributed by atoms with van der Waals surface area (Å²) in [5, 5.41) is 2.47. The summed E-state index contributed by atoms with van der Waals surface area (Å²) in [4.78, 5) is 9.53. The largest absolute Gasteiger partial charge is 0.299 e. The Bertz CT molecular complexity index is 2230. The van der Waals surface area contributed by atoms with Gasteiger partial charge in [0, 0.05) is 35.3 Å². The third kappa shape index (κ3) is 4.58. The van der Waals surface area contributed by atoms with Crippen LogP contribution in [0.25, 0.3) is 72.3 Å². The van der Waals surface area contributed by atoms with Crippen LogP contribution in [0.4, 0.5) is 0 Å². The van der Waals surface area contributed by atoms with Gasteiger partial charge in [-0.3, -0.25) is 9.38 Å². The number of nitrogens with zero attached hydrogens (tertiary/aromatic N) is 3. The summed E-state index contributed by atoms with van der Waals surface area (Å²) in [6, 6.07) is 51.5. The fourth-order valence-electron chi connectivity index (χ4n) is 6.04. The smallest absolute Gasteiger partial charge is 0.137 e. The number of fused-ring (bicyclic) bond motifs is 2. The van der Waals surface area contributed by atoms with Crippen molar-refractivity contribution in [1.82, 2.24) is 14.4 Å². The number of hydrogen-bond acceptors (Lipinski definition) is 2. The highest BCUT2D eigenvalue weighted by Crippen LogP contribution is 2.38. The van der Waals surface area contributed by atoms with E-state index in [0.717, 1.165) is 50.4 Å². The van der Waals surface area contributed by atoms with Gasteiger partial charge in [-0.1, -0.05) is 103 Å². The molecule has 8 rings (SSSR count). The van der Waals surface area contributed by atoms with Crippen LogP contribution in [0, 0.1) is 0 Å². The molecule has 3 aromatic heterocycles. The maximum Gasteiger partial charge on any atom is 0.137 e. The molecule has 8 aromatic rings. The minimum atomic E-state index is 0.929. The van der Waals surface area contributed by atoms with Crippen LogP contribution in [0.1, 0.15) is 0 Å². The maximum atomic E-state index is 5.11. The zero-order chi connectivity index (χ0) is 28.6. The molecular weight excluding hydrogens is 522 g/mol. The standard InChI is InChI=1S/C40H27N3/c1-2-12-29(13-3-1)40-39(42-38-20-6-7-22-43(38)40)31-16-8-15-30(23-31)33-24-34(32-17-10-21-41-27-32)26-35(25-33)37-19-9-14-28-11-4-5-18-36(28)37/h1-27H. The Balaban J connectivity index is 1.33. The molecule has 43 heavy (non-hydrogen) atoms. The van der Waals surface area contributed by atoms with Crippen LogP contribution in [0.3, 0.4) is 0 Å². The number of aromatic nitrogens is 3. The molecule has 3 nitrogen and oxygen atoms in total. The van der Waals surface area contributed by atoms with Crippen LogP contribution >= 0.6 is 0 Å². The molecule has 0 amide bonds. The first-order valence-electron chi connectivity index (χ1n) is 14.5. The summed E-state index contributed by atoms with van der Waals surface area (Å²) in [5.74, 6) is 0. The van der Waals surface area contributed by atoms with Gasteiger partial charge in [0.2, 0.25) is 0 Å². The second kappa shape index (κ2) is 10.6. The van der Waals surface area contributed by atoms with E-state index >= 15 is 0 Å². The van der Waals surface area contributed by atoms with Crippen LogP contribution in [-0.4, -0.2) is 14.4 Å². The van der Waals surface area contributed by atoms with Crippen molar-refractivity contribution in [2.24, 2.45) is 0 Å². The summed E-state index contributed by atoms with van der Waals surface area (Å²) in [6.07, 6.45) is 5.85. The van der Waals surface area contributed by atoms with Crippen LogP contribution in [0.5, 0.6) is 0 Å². The molecule has 3 heterocycles. The van der Waals surface area contributed by atoms with Crippen molar-refractivity contribution in [3.63, 3.8) is 0 Å². The molecule has 0 aliphatic heterocycles. The molecule has 3 heteroatoms. The molecule has 0 aliphatic carbocycles. The van der Waals surface area contributed by atoms with Crippen LogP contribution in [0.15, 0.2) is 164 Å². The van der Waals surface area contributed by atoms with Gasteiger partial charge in [0.15, 0.2) is 0 Å². The molecule has 0 aliphatic rings. The molecule has 0 atom stereocenters. The van der Waals surface area contributed by atoms with Crippen molar-refractivity contribution >= 4 is 16.4 Å². The summed E-state index contributed by atoms with van der Waals surface area (Å²) in [5.41, 5.74) is 12.1. The van der Waals surface area contributed by atoms with E-state index in [1.54, 1.807) is 0 Å². The van der Waals surface area contributed by atoms with Gasteiger partial charge in [-0.15, -0.1) is 0 Å². The van der Waals surface area contributed by atoms with Crippen molar-refractivity contribution in [3.05, 3.63) is 164 Å². The van der Waals surface area contributed by atoms with E-state index in [2.05, 4.69) is 149 Å². The average Bonchev–Trinajstić information content (AvgIpc) is 3.48. The van der Waals surface area contributed by atoms with Gasteiger partial charge in [0.25, 0.3) is 0 Å². The number of benzene rings is 5. The highest BCUT2D eigenvalue weighted by molar-refractivity contribution is 5.98. The van der Waals surface area contributed by atoms with Crippen molar-refractivity contribution in [2.75, 3.05) is 0 Å². The fraction of sp³-hybridized carbons (Fsp3) is 0. The number of hydrogen-bond donors (Lipinski definition) is 0. The second-order valence-corrected chi connectivity index (χ2v) is 10.8. The Kier molecular flexibility index (Phi) is 6.12. The van der Waals surface area contributed by atoms with E-state index < -0.39 is 0 Å². The van der Waals surface area contributed by atoms with Gasteiger partial charge in [-0.05, 0) is 81.1 Å². The molecule has 0 saturated heterocycles. The monoisotopic (exact) mass is 549 g/mol. The fourth-order valence-corrected chi connectivity index (χ4v) is 6.04. The summed E-state index contributed by atoms with van der Waals surface area (Å²) < 4.78 is 2.18. The molecule has 0 saturated carbocycles. The Morgan fingerprint density at radius 1 is 0.465 bits per heavy atom. The average molecular weight is 550 g/mol. The topological polar surface area (TPSA) is 30.2 Å². The first-order chi connectivity index (χ1) is 21.3. The van der Waals surface area contributed by atoms with E-state index in [4.69, 9.17) is 4.98 Å². The summed E-state index contributed by atoms with van der Waals surface area (Å²) >= 11 is 0. The molecule has 0 bridgehead atoms. The molecule has 0 fully saturated rings. The number of imidazole rings is 1. The van der Waals surface area contributed by atoms with Gasteiger partial charge in [-0.25, -0.2) is 4.98 Å². The van der Waals surface area contributed by atoms with Gasteiger partial charge >= 0.3 is 0 Å². The van der Waals surface area contributed by atoms with Gasteiger partial charge in [0.05, 0.1) is 11.4 Å². The Morgan fingerprint density at radius 3 is 2.02 bits per heavy atom. The Hall–Kier alpha value is -5.80. The minimum absolute atomic E-state index is 0.929. The minimum Gasteiger partial charge on any atom is -0.299 e. The first kappa shape index (κ1) is 25.0. The highest BCUT2D eigenvalue weighted by Gasteiger charge is 2.17. The van der Waals surface area contributed by atoms with E-state index in [1.807, 2.05) is 24.5 Å². The molecular formula is C40H27N3. The Labute approximate surface area is 250 Å². The van der Waals surface area contributed by atoms with Gasteiger partial charge in [0.1, 0.15) is 5.65 Å². The van der Waals surface area contributed by atoms with Crippen LogP contribution in [0.2, 0.25) is 0 Å². The lowest BCUT2D eigenvalue weighted by Crippen LogP contribution is -1.90. The third-order valence-corrected chi connectivity index (χ3v) is 8.08. The van der Waals surface area contributed by atoms with E-state index in [0.29, 0.717) is 0 Å².